The van der Waals surface area contributed by atoms with Crippen LogP contribution in [0.1, 0.15) is 194 Å². The van der Waals surface area contributed by atoms with Crippen molar-refractivity contribution < 1.29 is 29.3 Å². The van der Waals surface area contributed by atoms with E-state index in [1.807, 2.05) is 24.3 Å². The lowest BCUT2D eigenvalue weighted by Crippen LogP contribution is -2.25. The molecule has 0 radical (unpaired) electrons. The van der Waals surface area contributed by atoms with E-state index in [4.69, 9.17) is 9.47 Å². The molecule has 0 aromatic carbocycles. The molecule has 6 heteroatoms. The fourth-order valence-corrected chi connectivity index (χ4v) is 5.69. The molecule has 0 fully saturated rings. The molecular weight excluding hydrogens is 624 g/mol. The summed E-state index contributed by atoms with van der Waals surface area (Å²) < 4.78 is 10.3. The Morgan fingerprint density at radius 1 is 0.500 bits per heavy atom. The Kier molecular flexibility index (Phi) is 37.9. The molecule has 0 aliphatic heterocycles. The van der Waals surface area contributed by atoms with E-state index in [9.17, 15) is 19.8 Å². The Bertz CT molecular complexity index is 861. The zero-order valence-corrected chi connectivity index (χ0v) is 32.5. The van der Waals surface area contributed by atoms with E-state index in [1.54, 1.807) is 6.08 Å². The minimum absolute atomic E-state index is 0.155. The highest BCUT2D eigenvalue weighted by molar-refractivity contribution is 5.69. The smallest absolute Gasteiger partial charge is 0.305 e. The maximum atomic E-state index is 12.0. The Hall–Kier alpha value is -2.18. The minimum Gasteiger partial charge on any atom is -0.463 e. The summed E-state index contributed by atoms with van der Waals surface area (Å²) in [5, 5.41) is 20.0. The molecule has 0 aromatic rings. The third-order valence-corrected chi connectivity index (χ3v) is 8.90. The summed E-state index contributed by atoms with van der Waals surface area (Å²) in [7, 11) is 0. The first kappa shape index (κ1) is 47.8. The zero-order valence-electron chi connectivity index (χ0n) is 32.5. The number of aliphatic hydroxyl groups excluding tert-OH is 2. The summed E-state index contributed by atoms with van der Waals surface area (Å²) in [6, 6.07) is 0. The maximum absolute atomic E-state index is 12.0. The van der Waals surface area contributed by atoms with Crippen molar-refractivity contribution in [2.75, 3.05) is 13.2 Å². The van der Waals surface area contributed by atoms with Crippen molar-refractivity contribution in [2.24, 2.45) is 0 Å². The number of carbonyl (C=O) groups excluding carboxylic acids is 2. The van der Waals surface area contributed by atoms with Gasteiger partial charge in [-0.25, -0.2) is 0 Å². The van der Waals surface area contributed by atoms with Crippen LogP contribution in [0.25, 0.3) is 0 Å². The first-order chi connectivity index (χ1) is 24.5. The molecule has 0 rings (SSSR count). The first-order valence-corrected chi connectivity index (χ1v) is 20.8. The number of carbonyl (C=O) groups is 2. The van der Waals surface area contributed by atoms with Crippen molar-refractivity contribution >= 4 is 11.9 Å². The van der Waals surface area contributed by atoms with Crippen molar-refractivity contribution in [3.63, 3.8) is 0 Å². The summed E-state index contributed by atoms with van der Waals surface area (Å²) in [6.07, 6.45) is 46.3. The molecule has 0 aliphatic carbocycles. The molecule has 2 N–H and O–H groups in total. The van der Waals surface area contributed by atoms with Crippen LogP contribution in [0.5, 0.6) is 0 Å². The standard InChI is InChI=1S/C44H78O6/c1-3-5-7-9-11-13-14-15-16-17-18-19-20-21-23-25-29-33-37-43(47)49-39-42(46)40-50-44(48)38-34-30-26-28-32-36-41(45)35-31-27-24-22-12-10-8-6-4-2/h12,22,26-28,31-32,36,41-42,45-46H,3-11,13-21,23-25,29-30,33-35,37-40H2,1-2H3/b22-12-,28-26+,31-27-,36-32-/t41?,42-/m1/s1. The van der Waals surface area contributed by atoms with Gasteiger partial charge in [-0.2, -0.15) is 0 Å². The summed E-state index contributed by atoms with van der Waals surface area (Å²) in [5.41, 5.74) is 0. The van der Waals surface area contributed by atoms with Crippen LogP contribution in [0.3, 0.4) is 0 Å². The van der Waals surface area contributed by atoms with Gasteiger partial charge in [0.15, 0.2) is 0 Å². The van der Waals surface area contributed by atoms with Gasteiger partial charge < -0.3 is 19.7 Å². The van der Waals surface area contributed by atoms with Crippen molar-refractivity contribution in [1.29, 1.82) is 0 Å². The topological polar surface area (TPSA) is 93.1 Å². The summed E-state index contributed by atoms with van der Waals surface area (Å²) in [5.74, 6) is -0.686. The van der Waals surface area contributed by atoms with Crippen LogP contribution in [0, 0.1) is 0 Å². The Morgan fingerprint density at radius 3 is 1.48 bits per heavy atom. The van der Waals surface area contributed by atoms with Crippen LogP contribution >= 0.6 is 0 Å². The van der Waals surface area contributed by atoms with E-state index in [0.717, 1.165) is 32.1 Å². The average Bonchev–Trinajstić information content (AvgIpc) is 3.11. The van der Waals surface area contributed by atoms with Crippen LogP contribution < -0.4 is 0 Å². The molecule has 0 saturated carbocycles. The molecule has 50 heavy (non-hydrogen) atoms. The average molecular weight is 703 g/mol. The zero-order chi connectivity index (χ0) is 36.6. The van der Waals surface area contributed by atoms with E-state index in [-0.39, 0.29) is 31.6 Å². The molecular formula is C44H78O6. The van der Waals surface area contributed by atoms with E-state index >= 15 is 0 Å². The number of aliphatic hydroxyl groups is 2. The lowest BCUT2D eigenvalue weighted by Gasteiger charge is -2.12. The fraction of sp³-hybridized carbons (Fsp3) is 0.773. The lowest BCUT2D eigenvalue weighted by molar-refractivity contribution is -0.152. The van der Waals surface area contributed by atoms with E-state index in [0.29, 0.717) is 25.7 Å². The van der Waals surface area contributed by atoms with Gasteiger partial charge in [-0.1, -0.05) is 184 Å². The number of unbranched alkanes of at least 4 members (excludes halogenated alkanes) is 21. The maximum Gasteiger partial charge on any atom is 0.305 e. The highest BCUT2D eigenvalue weighted by Gasteiger charge is 2.12. The summed E-state index contributed by atoms with van der Waals surface area (Å²) in [4.78, 5) is 23.9. The second-order valence-corrected chi connectivity index (χ2v) is 14.0. The number of ether oxygens (including phenoxy) is 2. The summed E-state index contributed by atoms with van der Waals surface area (Å²) >= 11 is 0. The Labute approximate surface area is 308 Å². The highest BCUT2D eigenvalue weighted by atomic mass is 16.6. The van der Waals surface area contributed by atoms with E-state index in [2.05, 4.69) is 32.1 Å². The predicted octanol–water partition coefficient (Wildman–Crippen LogP) is 12.0. The molecule has 0 aromatic heterocycles. The largest absolute Gasteiger partial charge is 0.463 e. The van der Waals surface area contributed by atoms with Crippen molar-refractivity contribution in [3.8, 4) is 0 Å². The van der Waals surface area contributed by atoms with Gasteiger partial charge in [0.25, 0.3) is 0 Å². The molecule has 0 bridgehead atoms. The van der Waals surface area contributed by atoms with Gasteiger partial charge in [-0.05, 0) is 44.9 Å². The van der Waals surface area contributed by atoms with Gasteiger partial charge >= 0.3 is 11.9 Å². The molecule has 1 unspecified atom stereocenters. The van der Waals surface area contributed by atoms with Gasteiger partial charge in [0.05, 0.1) is 6.10 Å². The van der Waals surface area contributed by atoms with Crippen LogP contribution in [0.2, 0.25) is 0 Å². The van der Waals surface area contributed by atoms with Gasteiger partial charge in [-0.3, -0.25) is 9.59 Å². The van der Waals surface area contributed by atoms with E-state index in [1.165, 1.54) is 116 Å². The van der Waals surface area contributed by atoms with Gasteiger partial charge in [0.1, 0.15) is 19.3 Å². The van der Waals surface area contributed by atoms with Crippen molar-refractivity contribution in [2.45, 2.75) is 206 Å². The van der Waals surface area contributed by atoms with Gasteiger partial charge in [0, 0.05) is 12.8 Å². The number of hydrogen-bond acceptors (Lipinski definition) is 6. The quantitative estimate of drug-likeness (QED) is 0.0290. The molecule has 6 nitrogen and oxygen atoms in total. The normalized spacial score (nSPS) is 13.3. The first-order valence-electron chi connectivity index (χ1n) is 20.8. The monoisotopic (exact) mass is 703 g/mol. The predicted molar refractivity (Wildman–Crippen MR) is 211 cm³/mol. The fourth-order valence-electron chi connectivity index (χ4n) is 5.69. The number of rotatable bonds is 37. The SMILES string of the molecule is CCCCC/C=C\C/C=C\CC(O)/C=C\C=C\CCCC(=O)OC[C@H](O)COC(=O)CCCCCCCCCCCCCCCCCCCC. The van der Waals surface area contributed by atoms with Crippen LogP contribution in [0.15, 0.2) is 48.6 Å². The number of hydrogen-bond donors (Lipinski definition) is 2. The number of allylic oxidation sites excluding steroid dienone is 6. The second kappa shape index (κ2) is 39.6. The van der Waals surface area contributed by atoms with Crippen LogP contribution in [-0.2, 0) is 19.1 Å². The molecule has 0 saturated heterocycles. The van der Waals surface area contributed by atoms with Gasteiger partial charge in [0.2, 0.25) is 0 Å². The van der Waals surface area contributed by atoms with Crippen LogP contribution in [0.4, 0.5) is 0 Å². The van der Waals surface area contributed by atoms with Crippen molar-refractivity contribution in [1.82, 2.24) is 0 Å². The second-order valence-electron chi connectivity index (χ2n) is 14.0. The molecule has 290 valence electrons. The molecule has 0 spiro atoms. The Balaban J connectivity index is 3.58. The number of esters is 2. The van der Waals surface area contributed by atoms with Gasteiger partial charge in [-0.15, -0.1) is 0 Å². The molecule has 2 atom stereocenters. The molecule has 0 heterocycles. The molecule has 0 amide bonds. The third-order valence-electron chi connectivity index (χ3n) is 8.90. The Morgan fingerprint density at radius 2 is 0.940 bits per heavy atom. The summed E-state index contributed by atoms with van der Waals surface area (Å²) in [6.45, 7) is 4.16. The minimum atomic E-state index is -1.01. The third kappa shape index (κ3) is 38.6. The molecule has 0 aliphatic rings. The van der Waals surface area contributed by atoms with Crippen molar-refractivity contribution in [3.05, 3.63) is 48.6 Å². The lowest BCUT2D eigenvalue weighted by atomic mass is 10.0. The van der Waals surface area contributed by atoms with Crippen LogP contribution in [-0.4, -0.2) is 47.6 Å². The van der Waals surface area contributed by atoms with E-state index < -0.39 is 12.2 Å². The highest BCUT2D eigenvalue weighted by Crippen LogP contribution is 2.15.